The first kappa shape index (κ1) is 19.4. The molecule has 27 heavy (non-hydrogen) atoms. The average Bonchev–Trinajstić information content (AvgIpc) is 3.19. The molecule has 2 aromatic carbocycles. The van der Waals surface area contributed by atoms with E-state index in [4.69, 9.17) is 23.2 Å². The van der Waals surface area contributed by atoms with E-state index in [9.17, 15) is 9.59 Å². The van der Waals surface area contributed by atoms with Crippen LogP contribution in [0, 0.1) is 0 Å². The van der Waals surface area contributed by atoms with Gasteiger partial charge in [0.2, 0.25) is 0 Å². The van der Waals surface area contributed by atoms with Crippen molar-refractivity contribution in [3.8, 4) is 0 Å². The molecule has 0 radical (unpaired) electrons. The molecule has 0 bridgehead atoms. The summed E-state index contributed by atoms with van der Waals surface area (Å²) in [5.41, 5.74) is 1.68. The van der Waals surface area contributed by atoms with Gasteiger partial charge >= 0.3 is 0 Å². The Balaban J connectivity index is 1.77. The molecule has 1 heterocycles. The van der Waals surface area contributed by atoms with Gasteiger partial charge in [-0.2, -0.15) is 0 Å². The van der Waals surface area contributed by atoms with E-state index in [2.05, 4.69) is 5.32 Å². The quantitative estimate of drug-likeness (QED) is 0.587. The summed E-state index contributed by atoms with van der Waals surface area (Å²) >= 11 is 13.7. The number of nitrogens with zero attached hydrogens (tertiary/aromatic N) is 1. The Morgan fingerprint density at radius 2 is 1.81 bits per heavy atom. The van der Waals surface area contributed by atoms with Crippen molar-refractivity contribution in [3.63, 3.8) is 0 Å². The Hall–Kier alpha value is -2.34. The summed E-state index contributed by atoms with van der Waals surface area (Å²) in [5, 5.41) is 5.55. The number of carbonyl (C=O) groups excluding carboxylic acids is 2. The van der Waals surface area contributed by atoms with Gasteiger partial charge in [0.1, 0.15) is 0 Å². The summed E-state index contributed by atoms with van der Waals surface area (Å²) < 4.78 is 0. The highest BCUT2D eigenvalue weighted by atomic mass is 35.5. The number of thiophene rings is 1. The van der Waals surface area contributed by atoms with Crippen LogP contribution in [0.5, 0.6) is 0 Å². The summed E-state index contributed by atoms with van der Waals surface area (Å²) in [6, 6.07) is 15.7. The minimum atomic E-state index is -0.263. The standard InChI is InChI=1S/C20H16Cl2N2O2S/c1-24(12-14-5-2-3-6-15(14)21)20(26)13-8-9-16(22)17(11-13)23-19(25)18-7-4-10-27-18/h2-11H,12H2,1H3,(H,23,25). The van der Waals surface area contributed by atoms with Crippen molar-refractivity contribution < 1.29 is 9.59 Å². The van der Waals surface area contributed by atoms with Gasteiger partial charge in [0, 0.05) is 24.2 Å². The minimum Gasteiger partial charge on any atom is -0.337 e. The van der Waals surface area contributed by atoms with E-state index in [1.54, 1.807) is 48.3 Å². The first-order valence-electron chi connectivity index (χ1n) is 8.09. The van der Waals surface area contributed by atoms with Crippen LogP contribution in [0.2, 0.25) is 10.0 Å². The van der Waals surface area contributed by atoms with Crippen molar-refractivity contribution in [2.45, 2.75) is 6.54 Å². The highest BCUT2D eigenvalue weighted by Gasteiger charge is 2.16. The van der Waals surface area contributed by atoms with Crippen LogP contribution in [-0.2, 0) is 6.54 Å². The van der Waals surface area contributed by atoms with Crippen LogP contribution in [0.1, 0.15) is 25.6 Å². The van der Waals surface area contributed by atoms with Crippen molar-refractivity contribution in [3.05, 3.63) is 86.0 Å². The predicted octanol–water partition coefficient (Wildman–Crippen LogP) is 5.58. The second kappa shape index (κ2) is 8.57. The number of amides is 2. The molecule has 0 aliphatic heterocycles. The van der Waals surface area contributed by atoms with Crippen LogP contribution in [-0.4, -0.2) is 23.8 Å². The SMILES string of the molecule is CN(Cc1ccccc1Cl)C(=O)c1ccc(Cl)c(NC(=O)c2cccs2)c1. The molecule has 0 fully saturated rings. The van der Waals surface area contributed by atoms with E-state index in [0.29, 0.717) is 32.7 Å². The lowest BCUT2D eigenvalue weighted by molar-refractivity contribution is 0.0785. The molecular weight excluding hydrogens is 403 g/mol. The third-order valence-corrected chi connectivity index (χ3v) is 5.49. The molecule has 138 valence electrons. The van der Waals surface area contributed by atoms with E-state index < -0.39 is 0 Å². The van der Waals surface area contributed by atoms with Gasteiger partial charge in [0.25, 0.3) is 11.8 Å². The van der Waals surface area contributed by atoms with Crippen LogP contribution in [0.25, 0.3) is 0 Å². The molecule has 0 aliphatic rings. The van der Waals surface area contributed by atoms with E-state index >= 15 is 0 Å². The van der Waals surface area contributed by atoms with Crippen LogP contribution >= 0.6 is 34.5 Å². The molecule has 1 aromatic heterocycles. The smallest absolute Gasteiger partial charge is 0.265 e. The highest BCUT2D eigenvalue weighted by molar-refractivity contribution is 7.12. The van der Waals surface area contributed by atoms with Crippen molar-refractivity contribution in [2.75, 3.05) is 12.4 Å². The van der Waals surface area contributed by atoms with Gasteiger partial charge in [-0.15, -0.1) is 11.3 Å². The molecule has 1 N–H and O–H groups in total. The van der Waals surface area contributed by atoms with Gasteiger partial charge in [-0.25, -0.2) is 0 Å². The summed E-state index contributed by atoms with van der Waals surface area (Å²) in [7, 11) is 1.70. The van der Waals surface area contributed by atoms with Crippen molar-refractivity contribution in [1.29, 1.82) is 0 Å². The Morgan fingerprint density at radius 1 is 1.04 bits per heavy atom. The van der Waals surface area contributed by atoms with Gasteiger partial charge in [0.15, 0.2) is 0 Å². The van der Waals surface area contributed by atoms with Gasteiger partial charge in [0.05, 0.1) is 15.6 Å². The molecule has 0 aliphatic carbocycles. The second-order valence-corrected chi connectivity index (χ2v) is 7.64. The number of hydrogen-bond acceptors (Lipinski definition) is 3. The fraction of sp³-hybridized carbons (Fsp3) is 0.100. The van der Waals surface area contributed by atoms with Gasteiger partial charge in [-0.05, 0) is 41.3 Å². The Morgan fingerprint density at radius 3 is 2.52 bits per heavy atom. The average molecular weight is 419 g/mol. The maximum absolute atomic E-state index is 12.8. The summed E-state index contributed by atoms with van der Waals surface area (Å²) in [6.45, 7) is 0.373. The van der Waals surface area contributed by atoms with Gasteiger partial charge in [-0.3, -0.25) is 9.59 Å². The van der Waals surface area contributed by atoms with Crippen molar-refractivity contribution in [1.82, 2.24) is 4.90 Å². The lowest BCUT2D eigenvalue weighted by Gasteiger charge is -2.19. The van der Waals surface area contributed by atoms with Crippen LogP contribution < -0.4 is 5.32 Å². The minimum absolute atomic E-state index is 0.196. The molecule has 3 aromatic rings. The number of nitrogens with one attached hydrogen (secondary N) is 1. The van der Waals surface area contributed by atoms with Crippen molar-refractivity contribution >= 4 is 52.0 Å². The number of carbonyl (C=O) groups is 2. The molecule has 4 nitrogen and oxygen atoms in total. The zero-order valence-electron chi connectivity index (χ0n) is 14.4. The lowest BCUT2D eigenvalue weighted by atomic mass is 10.1. The zero-order chi connectivity index (χ0) is 19.4. The first-order valence-corrected chi connectivity index (χ1v) is 9.72. The topological polar surface area (TPSA) is 49.4 Å². The van der Waals surface area contributed by atoms with E-state index in [0.717, 1.165) is 5.56 Å². The van der Waals surface area contributed by atoms with Crippen LogP contribution in [0.3, 0.4) is 0 Å². The molecular formula is C20H16Cl2N2O2S. The zero-order valence-corrected chi connectivity index (χ0v) is 16.7. The highest BCUT2D eigenvalue weighted by Crippen LogP contribution is 2.25. The summed E-state index contributed by atoms with van der Waals surface area (Å²) in [4.78, 5) is 27.2. The third-order valence-electron chi connectivity index (χ3n) is 3.92. The first-order chi connectivity index (χ1) is 13.0. The number of hydrogen-bond donors (Lipinski definition) is 1. The molecule has 2 amide bonds. The molecule has 0 spiro atoms. The number of rotatable bonds is 5. The molecule has 0 saturated heterocycles. The summed E-state index contributed by atoms with van der Waals surface area (Å²) in [6.07, 6.45) is 0. The monoisotopic (exact) mass is 418 g/mol. The maximum Gasteiger partial charge on any atom is 0.265 e. The molecule has 0 saturated carbocycles. The maximum atomic E-state index is 12.8. The molecule has 0 atom stereocenters. The van der Waals surface area contributed by atoms with E-state index in [-0.39, 0.29) is 11.8 Å². The molecule has 0 unspecified atom stereocenters. The van der Waals surface area contributed by atoms with E-state index in [1.165, 1.54) is 11.3 Å². The number of anilines is 1. The van der Waals surface area contributed by atoms with Crippen LogP contribution in [0.4, 0.5) is 5.69 Å². The predicted molar refractivity (Wildman–Crippen MR) is 111 cm³/mol. The Bertz CT molecular complexity index is 974. The lowest BCUT2D eigenvalue weighted by Crippen LogP contribution is -2.26. The normalized spacial score (nSPS) is 10.5. The third kappa shape index (κ3) is 4.69. The molecule has 7 heteroatoms. The van der Waals surface area contributed by atoms with E-state index in [1.807, 2.05) is 23.6 Å². The Labute approximate surface area is 171 Å². The van der Waals surface area contributed by atoms with Crippen LogP contribution in [0.15, 0.2) is 60.0 Å². The summed E-state index contributed by atoms with van der Waals surface area (Å²) in [5.74, 6) is -0.459. The number of halogens is 2. The van der Waals surface area contributed by atoms with Gasteiger partial charge < -0.3 is 10.2 Å². The largest absolute Gasteiger partial charge is 0.337 e. The second-order valence-electron chi connectivity index (χ2n) is 5.88. The molecule has 3 rings (SSSR count). The Kier molecular flexibility index (Phi) is 6.16. The fourth-order valence-corrected chi connectivity index (χ4v) is 3.50. The van der Waals surface area contributed by atoms with Crippen molar-refractivity contribution in [2.24, 2.45) is 0 Å². The number of benzene rings is 2. The van der Waals surface area contributed by atoms with Gasteiger partial charge in [-0.1, -0.05) is 47.5 Å². The fourth-order valence-electron chi connectivity index (χ4n) is 2.52.